The normalized spacial score (nSPS) is 25.6. The Hall–Kier alpha value is -1.65. The molecular weight excluding hydrogens is 288 g/mol. The summed E-state index contributed by atoms with van der Waals surface area (Å²) < 4.78 is 5.39. The van der Waals surface area contributed by atoms with Crippen molar-refractivity contribution in [2.45, 2.75) is 25.3 Å². The SMILES string of the molecule is CCC1(C(=O)c2ccc(N3CCOCC3)cc2)CC=CCN1C. The molecule has 0 aliphatic carbocycles. The minimum Gasteiger partial charge on any atom is -0.378 e. The van der Waals surface area contributed by atoms with E-state index in [1.807, 2.05) is 19.2 Å². The van der Waals surface area contributed by atoms with Gasteiger partial charge in [-0.3, -0.25) is 9.69 Å². The van der Waals surface area contributed by atoms with Crippen LogP contribution in [0.1, 0.15) is 30.1 Å². The van der Waals surface area contributed by atoms with Crippen LogP contribution in [-0.2, 0) is 4.74 Å². The smallest absolute Gasteiger partial charge is 0.183 e. The monoisotopic (exact) mass is 314 g/mol. The number of Topliss-reactive ketones (excluding diaryl/α,β-unsaturated/α-hetero) is 1. The second-order valence-electron chi connectivity index (χ2n) is 6.42. The van der Waals surface area contributed by atoms with E-state index in [4.69, 9.17) is 4.74 Å². The molecule has 1 unspecified atom stereocenters. The standard InChI is InChI=1S/C19H26N2O2/c1-3-19(10-4-5-11-20(19)2)18(22)16-6-8-17(9-7-16)21-12-14-23-15-13-21/h4-9H,3,10-15H2,1-2H3. The Bertz CT molecular complexity index is 576. The molecule has 0 amide bonds. The zero-order valence-corrected chi connectivity index (χ0v) is 14.1. The molecule has 1 aromatic rings. The second kappa shape index (κ2) is 6.85. The van der Waals surface area contributed by atoms with Crippen LogP contribution in [0.25, 0.3) is 0 Å². The first-order valence-electron chi connectivity index (χ1n) is 8.51. The van der Waals surface area contributed by atoms with Crippen LogP contribution in [0.2, 0.25) is 0 Å². The van der Waals surface area contributed by atoms with Gasteiger partial charge >= 0.3 is 0 Å². The fourth-order valence-electron chi connectivity index (χ4n) is 3.60. The van der Waals surface area contributed by atoms with Crippen molar-refractivity contribution in [2.75, 3.05) is 44.8 Å². The number of hydrogen-bond acceptors (Lipinski definition) is 4. The molecule has 4 nitrogen and oxygen atoms in total. The lowest BCUT2D eigenvalue weighted by molar-refractivity contribution is 0.0619. The van der Waals surface area contributed by atoms with Crippen LogP contribution in [0.3, 0.4) is 0 Å². The third-order valence-corrected chi connectivity index (χ3v) is 5.25. The van der Waals surface area contributed by atoms with E-state index in [1.165, 1.54) is 5.69 Å². The van der Waals surface area contributed by atoms with Crippen LogP contribution < -0.4 is 4.90 Å². The Kier molecular flexibility index (Phi) is 4.83. The molecule has 0 spiro atoms. The number of ether oxygens (including phenoxy) is 1. The number of likely N-dealkylation sites (N-methyl/N-ethyl adjacent to an activating group) is 1. The van der Waals surface area contributed by atoms with E-state index in [-0.39, 0.29) is 5.78 Å². The highest BCUT2D eigenvalue weighted by Crippen LogP contribution is 2.31. The lowest BCUT2D eigenvalue weighted by Crippen LogP contribution is -2.53. The van der Waals surface area contributed by atoms with Crippen molar-refractivity contribution < 1.29 is 9.53 Å². The summed E-state index contributed by atoms with van der Waals surface area (Å²) in [4.78, 5) is 17.6. The molecule has 1 aromatic carbocycles. The Morgan fingerprint density at radius 2 is 1.87 bits per heavy atom. The molecular formula is C19H26N2O2. The van der Waals surface area contributed by atoms with Crippen molar-refractivity contribution in [3.8, 4) is 0 Å². The number of ketones is 1. The van der Waals surface area contributed by atoms with Crippen molar-refractivity contribution in [1.29, 1.82) is 0 Å². The summed E-state index contributed by atoms with van der Waals surface area (Å²) in [5.74, 6) is 0.236. The maximum atomic E-state index is 13.1. The fraction of sp³-hybridized carbons (Fsp3) is 0.526. The zero-order chi connectivity index (χ0) is 16.3. The molecule has 1 saturated heterocycles. The largest absolute Gasteiger partial charge is 0.378 e. The zero-order valence-electron chi connectivity index (χ0n) is 14.1. The summed E-state index contributed by atoms with van der Waals surface area (Å²) in [5, 5.41) is 0. The minimum atomic E-state index is -0.394. The third-order valence-electron chi connectivity index (χ3n) is 5.25. The summed E-state index contributed by atoms with van der Waals surface area (Å²) in [6, 6.07) is 8.11. The van der Waals surface area contributed by atoms with Gasteiger partial charge in [-0.2, -0.15) is 0 Å². The quantitative estimate of drug-likeness (QED) is 0.632. The molecule has 0 N–H and O–H groups in total. The lowest BCUT2D eigenvalue weighted by Gasteiger charge is -2.41. The van der Waals surface area contributed by atoms with Gasteiger partial charge in [0.15, 0.2) is 5.78 Å². The van der Waals surface area contributed by atoms with E-state index in [0.717, 1.165) is 51.3 Å². The van der Waals surface area contributed by atoms with Crippen molar-refractivity contribution in [3.63, 3.8) is 0 Å². The van der Waals surface area contributed by atoms with Crippen LogP contribution in [0.4, 0.5) is 5.69 Å². The highest BCUT2D eigenvalue weighted by Gasteiger charge is 2.40. The highest BCUT2D eigenvalue weighted by atomic mass is 16.5. The van der Waals surface area contributed by atoms with E-state index >= 15 is 0 Å². The number of rotatable bonds is 4. The fourth-order valence-corrected chi connectivity index (χ4v) is 3.60. The van der Waals surface area contributed by atoms with E-state index in [2.05, 4.69) is 41.0 Å². The number of benzene rings is 1. The number of hydrogen-bond donors (Lipinski definition) is 0. The summed E-state index contributed by atoms with van der Waals surface area (Å²) in [7, 11) is 2.05. The molecule has 4 heteroatoms. The predicted molar refractivity (Wildman–Crippen MR) is 93.2 cm³/mol. The van der Waals surface area contributed by atoms with Gasteiger partial charge in [-0.25, -0.2) is 0 Å². The summed E-state index contributed by atoms with van der Waals surface area (Å²) >= 11 is 0. The van der Waals surface area contributed by atoms with Gasteiger partial charge in [0, 0.05) is 30.9 Å². The molecule has 124 valence electrons. The van der Waals surface area contributed by atoms with Crippen LogP contribution in [-0.4, -0.2) is 56.1 Å². The number of anilines is 1. The number of nitrogens with zero attached hydrogens (tertiary/aromatic N) is 2. The third kappa shape index (κ3) is 3.06. The molecule has 2 aliphatic rings. The topological polar surface area (TPSA) is 32.8 Å². The number of carbonyl (C=O) groups is 1. The van der Waals surface area contributed by atoms with Gasteiger partial charge in [0.2, 0.25) is 0 Å². The highest BCUT2D eigenvalue weighted by molar-refractivity contribution is 6.03. The maximum absolute atomic E-state index is 13.1. The summed E-state index contributed by atoms with van der Waals surface area (Å²) in [6.07, 6.45) is 5.91. The van der Waals surface area contributed by atoms with Crippen molar-refractivity contribution in [3.05, 3.63) is 42.0 Å². The summed E-state index contributed by atoms with van der Waals surface area (Å²) in [5.41, 5.74) is 1.59. The van der Waals surface area contributed by atoms with Crippen LogP contribution in [0, 0.1) is 0 Å². The Morgan fingerprint density at radius 3 is 2.48 bits per heavy atom. The lowest BCUT2D eigenvalue weighted by atomic mass is 9.80. The molecule has 2 aliphatic heterocycles. The molecule has 0 aromatic heterocycles. The van der Waals surface area contributed by atoms with Gasteiger partial charge < -0.3 is 9.64 Å². The molecule has 3 rings (SSSR count). The Morgan fingerprint density at radius 1 is 1.17 bits per heavy atom. The van der Waals surface area contributed by atoms with E-state index in [9.17, 15) is 4.79 Å². The average molecular weight is 314 g/mol. The molecule has 0 radical (unpaired) electrons. The minimum absolute atomic E-state index is 0.236. The van der Waals surface area contributed by atoms with Gasteiger partial charge in [0.25, 0.3) is 0 Å². The number of carbonyl (C=O) groups excluding carboxylic acids is 1. The van der Waals surface area contributed by atoms with Gasteiger partial charge in [-0.15, -0.1) is 0 Å². The van der Waals surface area contributed by atoms with Crippen molar-refractivity contribution >= 4 is 11.5 Å². The number of morpholine rings is 1. The first kappa shape index (κ1) is 16.2. The van der Waals surface area contributed by atoms with Gasteiger partial charge in [0.1, 0.15) is 0 Å². The maximum Gasteiger partial charge on any atom is 0.183 e. The average Bonchev–Trinajstić information content (AvgIpc) is 2.63. The van der Waals surface area contributed by atoms with E-state index in [0.29, 0.717) is 0 Å². The molecule has 1 atom stereocenters. The molecule has 0 saturated carbocycles. The first-order valence-corrected chi connectivity index (χ1v) is 8.51. The van der Waals surface area contributed by atoms with Gasteiger partial charge in [0.05, 0.1) is 18.8 Å². The molecule has 0 bridgehead atoms. The molecule has 1 fully saturated rings. The van der Waals surface area contributed by atoms with Crippen LogP contribution in [0.15, 0.2) is 36.4 Å². The molecule has 2 heterocycles. The molecule has 23 heavy (non-hydrogen) atoms. The van der Waals surface area contributed by atoms with Crippen LogP contribution in [0.5, 0.6) is 0 Å². The summed E-state index contributed by atoms with van der Waals surface area (Å²) in [6.45, 7) is 6.33. The Labute approximate surface area is 138 Å². The van der Waals surface area contributed by atoms with E-state index < -0.39 is 5.54 Å². The van der Waals surface area contributed by atoms with Crippen molar-refractivity contribution in [2.24, 2.45) is 0 Å². The second-order valence-corrected chi connectivity index (χ2v) is 6.42. The van der Waals surface area contributed by atoms with Gasteiger partial charge in [-0.05, 0) is 44.2 Å². The van der Waals surface area contributed by atoms with E-state index in [1.54, 1.807) is 0 Å². The first-order chi connectivity index (χ1) is 11.2. The predicted octanol–water partition coefficient (Wildman–Crippen LogP) is 2.75. The Balaban J connectivity index is 1.80. The van der Waals surface area contributed by atoms with Gasteiger partial charge in [-0.1, -0.05) is 19.1 Å². The van der Waals surface area contributed by atoms with Crippen molar-refractivity contribution in [1.82, 2.24) is 4.90 Å². The van der Waals surface area contributed by atoms with Crippen LogP contribution >= 0.6 is 0 Å².